The largest absolute Gasteiger partial charge is 0.452 e. The van der Waals surface area contributed by atoms with E-state index in [1.807, 2.05) is 44.2 Å². The number of ether oxygens (including phenoxy) is 2. The molecule has 1 saturated heterocycles. The second-order valence-corrected chi connectivity index (χ2v) is 8.10. The summed E-state index contributed by atoms with van der Waals surface area (Å²) in [5.74, 6) is -1.10. The third-order valence-corrected chi connectivity index (χ3v) is 5.55. The Labute approximate surface area is 178 Å². The smallest absolute Gasteiger partial charge is 0.340 e. The van der Waals surface area contributed by atoms with Crippen LogP contribution >= 0.6 is 11.8 Å². The maximum Gasteiger partial charge on any atom is 0.340 e. The van der Waals surface area contributed by atoms with Gasteiger partial charge < -0.3 is 14.4 Å². The Kier molecular flexibility index (Phi) is 7.07. The topological polar surface area (TPSA) is 99.0 Å². The Balaban J connectivity index is 1.74. The standard InChI is InChI=1S/C21H22N2O6S/c1-14-11-22(12-15(2)29-14)20(24)13-28-21(25)18-10-16(23(26)27)8-9-19(18)30-17-6-4-3-5-7-17/h3-10,14-15H,11-13H2,1-2H3/t14-,15-/m0/s1. The van der Waals surface area contributed by atoms with E-state index in [1.54, 1.807) is 4.90 Å². The van der Waals surface area contributed by atoms with Gasteiger partial charge in [-0.1, -0.05) is 30.0 Å². The molecule has 1 aliphatic heterocycles. The van der Waals surface area contributed by atoms with Gasteiger partial charge in [0.1, 0.15) is 0 Å². The van der Waals surface area contributed by atoms with Crippen LogP contribution in [0.15, 0.2) is 58.3 Å². The Morgan fingerprint density at radius 1 is 1.17 bits per heavy atom. The molecule has 0 unspecified atom stereocenters. The van der Waals surface area contributed by atoms with Crippen molar-refractivity contribution in [2.75, 3.05) is 19.7 Å². The molecule has 3 rings (SSSR count). The third-order valence-electron chi connectivity index (χ3n) is 4.46. The van der Waals surface area contributed by atoms with Gasteiger partial charge in [-0.3, -0.25) is 14.9 Å². The van der Waals surface area contributed by atoms with Crippen LogP contribution in [0, 0.1) is 10.1 Å². The molecule has 1 amide bonds. The van der Waals surface area contributed by atoms with Crippen LogP contribution in [0.3, 0.4) is 0 Å². The van der Waals surface area contributed by atoms with Crippen molar-refractivity contribution < 1.29 is 24.0 Å². The number of morpholine rings is 1. The van der Waals surface area contributed by atoms with Crippen molar-refractivity contribution in [3.63, 3.8) is 0 Å². The van der Waals surface area contributed by atoms with Gasteiger partial charge in [0.2, 0.25) is 0 Å². The number of nitrogens with zero attached hydrogens (tertiary/aromatic N) is 2. The summed E-state index contributed by atoms with van der Waals surface area (Å²) in [4.78, 5) is 38.7. The molecule has 0 N–H and O–H groups in total. The molecule has 1 aliphatic rings. The van der Waals surface area contributed by atoms with Gasteiger partial charge in [0.05, 0.1) is 22.7 Å². The van der Waals surface area contributed by atoms with Gasteiger partial charge in [0, 0.05) is 35.0 Å². The maximum atomic E-state index is 12.7. The average molecular weight is 430 g/mol. The van der Waals surface area contributed by atoms with E-state index in [1.165, 1.54) is 30.0 Å². The van der Waals surface area contributed by atoms with Crippen LogP contribution in [-0.4, -0.2) is 53.6 Å². The number of carbonyl (C=O) groups excluding carboxylic acids is 2. The molecule has 0 radical (unpaired) electrons. The normalized spacial score (nSPS) is 18.7. The fourth-order valence-electron chi connectivity index (χ4n) is 3.17. The summed E-state index contributed by atoms with van der Waals surface area (Å²) in [6.07, 6.45) is -0.196. The van der Waals surface area contributed by atoms with Crippen molar-refractivity contribution in [3.05, 3.63) is 64.2 Å². The minimum atomic E-state index is -0.778. The molecule has 0 saturated carbocycles. The highest BCUT2D eigenvalue weighted by Crippen LogP contribution is 2.33. The van der Waals surface area contributed by atoms with E-state index in [4.69, 9.17) is 9.47 Å². The molecule has 0 aromatic heterocycles. The van der Waals surface area contributed by atoms with Crippen LogP contribution in [-0.2, 0) is 14.3 Å². The summed E-state index contributed by atoms with van der Waals surface area (Å²) in [5, 5.41) is 11.2. The first-order valence-corrected chi connectivity index (χ1v) is 10.3. The number of rotatable bonds is 6. The monoisotopic (exact) mass is 430 g/mol. The van der Waals surface area contributed by atoms with Gasteiger partial charge in [0.15, 0.2) is 6.61 Å². The minimum Gasteiger partial charge on any atom is -0.452 e. The van der Waals surface area contributed by atoms with E-state index in [-0.39, 0.29) is 29.4 Å². The fraction of sp³-hybridized carbons (Fsp3) is 0.333. The van der Waals surface area contributed by atoms with E-state index >= 15 is 0 Å². The highest BCUT2D eigenvalue weighted by molar-refractivity contribution is 7.99. The van der Waals surface area contributed by atoms with Crippen LogP contribution in [0.5, 0.6) is 0 Å². The molecule has 2 atom stereocenters. The summed E-state index contributed by atoms with van der Waals surface area (Å²) < 4.78 is 10.8. The molecule has 30 heavy (non-hydrogen) atoms. The van der Waals surface area contributed by atoms with Gasteiger partial charge >= 0.3 is 5.97 Å². The summed E-state index contributed by atoms with van der Waals surface area (Å²) in [7, 11) is 0. The first-order valence-electron chi connectivity index (χ1n) is 9.45. The van der Waals surface area contributed by atoms with Gasteiger partial charge in [0.25, 0.3) is 11.6 Å². The van der Waals surface area contributed by atoms with Gasteiger partial charge in [-0.25, -0.2) is 4.79 Å². The van der Waals surface area contributed by atoms with Crippen molar-refractivity contribution >= 4 is 29.3 Å². The number of nitro benzene ring substituents is 1. The minimum absolute atomic E-state index is 0.0505. The van der Waals surface area contributed by atoms with Gasteiger partial charge in [-0.15, -0.1) is 0 Å². The number of esters is 1. The molecule has 2 aromatic rings. The number of hydrogen-bond donors (Lipinski definition) is 0. The number of hydrogen-bond acceptors (Lipinski definition) is 7. The molecular formula is C21H22N2O6S. The Hall–Kier alpha value is -2.91. The predicted octanol–water partition coefficient (Wildman–Crippen LogP) is 3.54. The second-order valence-electron chi connectivity index (χ2n) is 6.98. The zero-order valence-electron chi connectivity index (χ0n) is 16.6. The first-order chi connectivity index (χ1) is 14.3. The van der Waals surface area contributed by atoms with Crippen LogP contribution in [0.4, 0.5) is 5.69 Å². The number of non-ortho nitro benzene ring substituents is 1. The van der Waals surface area contributed by atoms with E-state index in [0.29, 0.717) is 18.0 Å². The molecular weight excluding hydrogens is 408 g/mol. The van der Waals surface area contributed by atoms with Crippen molar-refractivity contribution in [1.29, 1.82) is 0 Å². The van der Waals surface area contributed by atoms with Crippen molar-refractivity contribution in [2.45, 2.75) is 35.8 Å². The van der Waals surface area contributed by atoms with Crippen LogP contribution in [0.1, 0.15) is 24.2 Å². The summed E-state index contributed by atoms with van der Waals surface area (Å²) in [6.45, 7) is 4.16. The molecule has 2 aromatic carbocycles. The summed E-state index contributed by atoms with van der Waals surface area (Å²) >= 11 is 1.29. The zero-order chi connectivity index (χ0) is 21.7. The molecule has 0 spiro atoms. The van der Waals surface area contributed by atoms with Crippen molar-refractivity contribution in [3.8, 4) is 0 Å². The molecule has 0 aliphatic carbocycles. The first kappa shape index (κ1) is 21.8. The van der Waals surface area contributed by atoms with E-state index in [9.17, 15) is 19.7 Å². The van der Waals surface area contributed by atoms with Crippen LogP contribution in [0.25, 0.3) is 0 Å². The number of benzene rings is 2. The van der Waals surface area contributed by atoms with Gasteiger partial charge in [-0.05, 0) is 32.0 Å². The highest BCUT2D eigenvalue weighted by atomic mass is 32.2. The number of nitro groups is 1. The molecule has 8 nitrogen and oxygen atoms in total. The third kappa shape index (κ3) is 5.58. The lowest BCUT2D eigenvalue weighted by atomic mass is 10.2. The average Bonchev–Trinajstić information content (AvgIpc) is 2.72. The predicted molar refractivity (Wildman–Crippen MR) is 111 cm³/mol. The second kappa shape index (κ2) is 9.73. The summed E-state index contributed by atoms with van der Waals surface area (Å²) in [5.41, 5.74) is -0.170. The molecule has 1 heterocycles. The number of amides is 1. The highest BCUT2D eigenvalue weighted by Gasteiger charge is 2.27. The Morgan fingerprint density at radius 2 is 1.83 bits per heavy atom. The molecule has 9 heteroatoms. The van der Waals surface area contributed by atoms with Crippen molar-refractivity contribution in [1.82, 2.24) is 4.90 Å². The Bertz CT molecular complexity index is 926. The van der Waals surface area contributed by atoms with E-state index in [2.05, 4.69) is 0 Å². The van der Waals surface area contributed by atoms with E-state index < -0.39 is 17.5 Å². The molecule has 158 valence electrons. The fourth-order valence-corrected chi connectivity index (χ4v) is 4.11. The van der Waals surface area contributed by atoms with Crippen LogP contribution in [0.2, 0.25) is 0 Å². The zero-order valence-corrected chi connectivity index (χ0v) is 17.5. The SMILES string of the molecule is C[C@H]1CN(C(=O)COC(=O)c2cc([N+](=O)[O-])ccc2Sc2ccccc2)C[C@H](C)O1. The molecule has 0 bridgehead atoms. The lowest BCUT2D eigenvalue weighted by Gasteiger charge is -2.35. The Morgan fingerprint density at radius 3 is 2.47 bits per heavy atom. The van der Waals surface area contributed by atoms with Crippen molar-refractivity contribution in [2.24, 2.45) is 0 Å². The maximum absolute atomic E-state index is 12.7. The van der Waals surface area contributed by atoms with Gasteiger partial charge in [-0.2, -0.15) is 0 Å². The number of carbonyl (C=O) groups is 2. The summed E-state index contributed by atoms with van der Waals surface area (Å²) in [6, 6.07) is 13.3. The lowest BCUT2D eigenvalue weighted by molar-refractivity contribution is -0.384. The van der Waals surface area contributed by atoms with Crippen LogP contribution < -0.4 is 0 Å². The lowest BCUT2D eigenvalue weighted by Crippen LogP contribution is -2.49. The quantitative estimate of drug-likeness (QED) is 0.393. The van der Waals surface area contributed by atoms with E-state index in [0.717, 1.165) is 4.90 Å². The molecule has 1 fully saturated rings.